The lowest BCUT2D eigenvalue weighted by Crippen LogP contribution is -2.22. The fourth-order valence-electron chi connectivity index (χ4n) is 2.47. The molecule has 1 saturated heterocycles. The molecule has 1 aliphatic rings. The van der Waals surface area contributed by atoms with E-state index in [1.54, 1.807) is 0 Å². The minimum absolute atomic E-state index is 0.572. The van der Waals surface area contributed by atoms with Crippen LogP contribution >= 0.6 is 0 Å². The first-order valence-corrected chi connectivity index (χ1v) is 6.92. The molecule has 0 spiro atoms. The molecule has 1 atom stereocenters. The van der Waals surface area contributed by atoms with Crippen molar-refractivity contribution in [2.75, 3.05) is 26.2 Å². The number of nitrogens with zero attached hydrogens (tertiary/aromatic N) is 1. The van der Waals surface area contributed by atoms with E-state index in [4.69, 9.17) is 10.5 Å². The maximum Gasteiger partial charge on any atom is 0.119 e. The summed E-state index contributed by atoms with van der Waals surface area (Å²) in [6.45, 7) is 7.35. The Bertz CT molecular complexity index is 367. The summed E-state index contributed by atoms with van der Waals surface area (Å²) in [5, 5.41) is 0. The fourth-order valence-corrected chi connectivity index (χ4v) is 2.47. The van der Waals surface area contributed by atoms with Crippen molar-refractivity contribution in [3.05, 3.63) is 29.8 Å². The smallest absolute Gasteiger partial charge is 0.119 e. The highest BCUT2D eigenvalue weighted by Crippen LogP contribution is 2.16. The highest BCUT2D eigenvalue weighted by Gasteiger charge is 2.17. The van der Waals surface area contributed by atoms with Crippen molar-refractivity contribution >= 4 is 0 Å². The number of hydrogen-bond acceptors (Lipinski definition) is 3. The lowest BCUT2D eigenvalue weighted by Gasteiger charge is -2.15. The summed E-state index contributed by atoms with van der Waals surface area (Å²) < 4.78 is 5.75. The Balaban J connectivity index is 1.65. The summed E-state index contributed by atoms with van der Waals surface area (Å²) in [7, 11) is 0. The van der Waals surface area contributed by atoms with Crippen molar-refractivity contribution in [1.82, 2.24) is 4.90 Å². The molecule has 0 bridgehead atoms. The minimum Gasteiger partial charge on any atom is -0.494 e. The summed E-state index contributed by atoms with van der Waals surface area (Å²) in [6, 6.07) is 8.05. The third kappa shape index (κ3) is 4.00. The number of rotatable bonds is 6. The van der Waals surface area contributed by atoms with Crippen molar-refractivity contribution in [1.29, 1.82) is 0 Å². The molecule has 18 heavy (non-hydrogen) atoms. The average Bonchev–Trinajstić information content (AvgIpc) is 2.81. The predicted octanol–water partition coefficient (Wildman–Crippen LogP) is 2.26. The van der Waals surface area contributed by atoms with Crippen LogP contribution in [-0.2, 0) is 6.54 Å². The highest BCUT2D eigenvalue weighted by atomic mass is 16.5. The summed E-state index contributed by atoms with van der Waals surface area (Å²) in [6.07, 6.45) is 2.44. The predicted molar refractivity (Wildman–Crippen MR) is 74.7 cm³/mol. The van der Waals surface area contributed by atoms with E-state index in [0.29, 0.717) is 6.54 Å². The largest absolute Gasteiger partial charge is 0.494 e. The van der Waals surface area contributed by atoms with E-state index in [9.17, 15) is 0 Å². The quantitative estimate of drug-likeness (QED) is 0.785. The van der Waals surface area contributed by atoms with E-state index < -0.39 is 0 Å². The molecule has 1 unspecified atom stereocenters. The Morgan fingerprint density at radius 2 is 2.33 bits per heavy atom. The lowest BCUT2D eigenvalue weighted by atomic mass is 10.2. The minimum atomic E-state index is 0.572. The maximum absolute atomic E-state index is 5.75. The van der Waals surface area contributed by atoms with Gasteiger partial charge in [-0.25, -0.2) is 0 Å². The average molecular weight is 248 g/mol. The van der Waals surface area contributed by atoms with Gasteiger partial charge < -0.3 is 15.4 Å². The van der Waals surface area contributed by atoms with Gasteiger partial charge in [-0.2, -0.15) is 0 Å². The van der Waals surface area contributed by atoms with Crippen LogP contribution in [-0.4, -0.2) is 31.1 Å². The van der Waals surface area contributed by atoms with Crippen molar-refractivity contribution in [2.24, 2.45) is 11.7 Å². The van der Waals surface area contributed by atoms with Crippen LogP contribution in [0.3, 0.4) is 0 Å². The molecule has 1 aromatic rings. The monoisotopic (exact) mass is 248 g/mol. The Labute approximate surface area is 110 Å². The van der Waals surface area contributed by atoms with Crippen molar-refractivity contribution in [3.8, 4) is 5.75 Å². The SMILES string of the molecule is CC1CCN(CCCOc2cccc(CN)c2)C1. The third-order valence-electron chi connectivity index (χ3n) is 3.53. The molecule has 2 rings (SSSR count). The normalized spacial score (nSPS) is 20.2. The van der Waals surface area contributed by atoms with Crippen LogP contribution in [0.25, 0.3) is 0 Å². The maximum atomic E-state index is 5.75. The molecule has 3 heteroatoms. The number of hydrogen-bond donors (Lipinski definition) is 1. The van der Waals surface area contributed by atoms with Gasteiger partial charge in [0.25, 0.3) is 0 Å². The van der Waals surface area contributed by atoms with Gasteiger partial charge in [-0.15, -0.1) is 0 Å². The third-order valence-corrected chi connectivity index (χ3v) is 3.53. The lowest BCUT2D eigenvalue weighted by molar-refractivity contribution is 0.259. The van der Waals surface area contributed by atoms with Gasteiger partial charge in [0.2, 0.25) is 0 Å². The van der Waals surface area contributed by atoms with Gasteiger partial charge in [-0.05, 0) is 43.0 Å². The number of likely N-dealkylation sites (tertiary alicyclic amines) is 1. The van der Waals surface area contributed by atoms with Gasteiger partial charge in [0.15, 0.2) is 0 Å². The second-order valence-electron chi connectivity index (χ2n) is 5.25. The zero-order chi connectivity index (χ0) is 12.8. The summed E-state index contributed by atoms with van der Waals surface area (Å²) >= 11 is 0. The molecule has 2 N–H and O–H groups in total. The number of benzene rings is 1. The summed E-state index contributed by atoms with van der Waals surface area (Å²) in [4.78, 5) is 2.53. The first-order chi connectivity index (χ1) is 8.78. The van der Waals surface area contributed by atoms with Crippen LogP contribution in [0.15, 0.2) is 24.3 Å². The summed E-state index contributed by atoms with van der Waals surface area (Å²) in [5.41, 5.74) is 6.73. The topological polar surface area (TPSA) is 38.5 Å². The van der Waals surface area contributed by atoms with Crippen LogP contribution in [0.1, 0.15) is 25.3 Å². The first-order valence-electron chi connectivity index (χ1n) is 6.92. The van der Waals surface area contributed by atoms with Crippen molar-refractivity contribution in [2.45, 2.75) is 26.3 Å². The van der Waals surface area contributed by atoms with E-state index in [1.165, 1.54) is 19.5 Å². The summed E-state index contributed by atoms with van der Waals surface area (Å²) in [5.74, 6) is 1.81. The van der Waals surface area contributed by atoms with Crippen LogP contribution < -0.4 is 10.5 Å². The van der Waals surface area contributed by atoms with Crippen LogP contribution in [0.5, 0.6) is 5.75 Å². The zero-order valence-electron chi connectivity index (χ0n) is 11.3. The highest BCUT2D eigenvalue weighted by molar-refractivity contribution is 5.28. The molecule has 1 aromatic carbocycles. The van der Waals surface area contributed by atoms with Crippen molar-refractivity contribution in [3.63, 3.8) is 0 Å². The molecule has 0 aromatic heterocycles. The zero-order valence-corrected chi connectivity index (χ0v) is 11.3. The van der Waals surface area contributed by atoms with Crippen LogP contribution in [0.2, 0.25) is 0 Å². The molecular formula is C15H24N2O. The molecular weight excluding hydrogens is 224 g/mol. The Morgan fingerprint density at radius 3 is 3.06 bits per heavy atom. The second-order valence-corrected chi connectivity index (χ2v) is 5.25. The van der Waals surface area contributed by atoms with Crippen LogP contribution in [0, 0.1) is 5.92 Å². The molecule has 0 saturated carbocycles. The Hall–Kier alpha value is -1.06. The molecule has 1 aliphatic heterocycles. The second kappa shape index (κ2) is 6.76. The molecule has 0 aliphatic carbocycles. The van der Waals surface area contributed by atoms with Gasteiger partial charge in [-0.3, -0.25) is 0 Å². The van der Waals surface area contributed by atoms with E-state index in [0.717, 1.165) is 36.8 Å². The molecule has 1 heterocycles. The fraction of sp³-hybridized carbons (Fsp3) is 0.600. The van der Waals surface area contributed by atoms with Gasteiger partial charge in [0.05, 0.1) is 6.61 Å². The molecule has 1 fully saturated rings. The number of nitrogens with two attached hydrogens (primary N) is 1. The molecule has 0 amide bonds. The van der Waals surface area contributed by atoms with Gasteiger partial charge >= 0.3 is 0 Å². The standard InChI is InChI=1S/C15H24N2O/c1-13-6-8-17(12-13)7-3-9-18-15-5-2-4-14(10-15)11-16/h2,4-5,10,13H,3,6-9,11-12,16H2,1H3. The molecule has 100 valence electrons. The van der Waals surface area contributed by atoms with Gasteiger partial charge in [0.1, 0.15) is 5.75 Å². The van der Waals surface area contributed by atoms with E-state index in [2.05, 4.69) is 11.8 Å². The Kier molecular flexibility index (Phi) is 5.02. The molecule has 0 radical (unpaired) electrons. The molecule has 3 nitrogen and oxygen atoms in total. The van der Waals surface area contributed by atoms with Crippen LogP contribution in [0.4, 0.5) is 0 Å². The number of ether oxygens (including phenoxy) is 1. The van der Waals surface area contributed by atoms with Gasteiger partial charge in [-0.1, -0.05) is 19.1 Å². The van der Waals surface area contributed by atoms with E-state index in [1.807, 2.05) is 24.3 Å². The van der Waals surface area contributed by atoms with Crippen molar-refractivity contribution < 1.29 is 4.74 Å². The Morgan fingerprint density at radius 1 is 1.44 bits per heavy atom. The van der Waals surface area contributed by atoms with E-state index in [-0.39, 0.29) is 0 Å². The first kappa shape index (κ1) is 13.4. The van der Waals surface area contributed by atoms with E-state index >= 15 is 0 Å². The van der Waals surface area contributed by atoms with Gasteiger partial charge in [0, 0.05) is 19.6 Å².